The van der Waals surface area contributed by atoms with Crippen molar-refractivity contribution in [1.82, 2.24) is 0 Å². The van der Waals surface area contributed by atoms with Crippen LogP contribution in [0.1, 0.15) is 36.7 Å². The predicted molar refractivity (Wildman–Crippen MR) is 112 cm³/mol. The molecule has 1 aliphatic rings. The molecule has 2 aromatic carbocycles. The molecule has 0 amide bonds. The van der Waals surface area contributed by atoms with Gasteiger partial charge in [0.1, 0.15) is 11.3 Å². The highest BCUT2D eigenvalue weighted by Gasteiger charge is 2.33. The van der Waals surface area contributed by atoms with E-state index in [1.165, 1.54) is 11.3 Å². The van der Waals surface area contributed by atoms with Crippen LogP contribution in [0.4, 0.5) is 0 Å². The molecule has 0 N–H and O–H groups in total. The second kappa shape index (κ2) is 6.14. The molecule has 0 aliphatic heterocycles. The summed E-state index contributed by atoms with van der Waals surface area (Å²) < 4.78 is 6.95. The van der Waals surface area contributed by atoms with Crippen LogP contribution in [0.3, 0.4) is 0 Å². The number of furan rings is 1. The number of carbonyl (C=O) groups excluding carboxylic acids is 2. The van der Waals surface area contributed by atoms with E-state index < -0.39 is 0 Å². The van der Waals surface area contributed by atoms with Crippen LogP contribution in [0.2, 0.25) is 0 Å². The minimum atomic E-state index is -0.196. The van der Waals surface area contributed by atoms with Crippen LogP contribution in [-0.4, -0.2) is 11.6 Å². The van der Waals surface area contributed by atoms with Gasteiger partial charge in [-0.05, 0) is 49.2 Å². The van der Waals surface area contributed by atoms with Crippen molar-refractivity contribution in [3.8, 4) is 11.3 Å². The van der Waals surface area contributed by atoms with Gasteiger partial charge < -0.3 is 4.42 Å². The van der Waals surface area contributed by atoms with E-state index in [1.54, 1.807) is 6.08 Å². The van der Waals surface area contributed by atoms with Crippen molar-refractivity contribution >= 4 is 39.3 Å². The number of hydrogen-bond acceptors (Lipinski definition) is 4. The quantitative estimate of drug-likeness (QED) is 0.303. The molecule has 0 atom stereocenters. The fourth-order valence-corrected chi connectivity index (χ4v) is 4.49. The first kappa shape index (κ1) is 16.9. The number of allylic oxidation sites excluding steroid dienone is 1. The Hall–Kier alpha value is -3.24. The lowest BCUT2D eigenvalue weighted by atomic mass is 10.0. The van der Waals surface area contributed by atoms with Gasteiger partial charge in [-0.1, -0.05) is 30.3 Å². The van der Waals surface area contributed by atoms with Gasteiger partial charge in [0, 0.05) is 27.6 Å². The predicted octanol–water partition coefficient (Wildman–Crippen LogP) is 6.24. The van der Waals surface area contributed by atoms with Crippen molar-refractivity contribution in [2.75, 3.05) is 0 Å². The minimum Gasteiger partial charge on any atom is -0.455 e. The number of aryl methyl sites for hydroxylation is 2. The summed E-state index contributed by atoms with van der Waals surface area (Å²) in [5.74, 6) is 0.420. The van der Waals surface area contributed by atoms with Crippen LogP contribution < -0.4 is 0 Å². The van der Waals surface area contributed by atoms with E-state index in [9.17, 15) is 9.59 Å². The third kappa shape index (κ3) is 2.57. The standard InChI is InChI=1S/C24H16O3S/c1-13-8-17-18(9-14(13)2)24(26)19(23(17)25)10-16-11-21-22(28-16)12-20(27-21)15-6-4-3-5-7-15/h3-12H,1-2H3. The van der Waals surface area contributed by atoms with Gasteiger partial charge >= 0.3 is 0 Å². The van der Waals surface area contributed by atoms with E-state index in [-0.39, 0.29) is 17.1 Å². The lowest BCUT2D eigenvalue weighted by molar-refractivity contribution is 0.0990. The molecule has 1 aliphatic carbocycles. The summed E-state index contributed by atoms with van der Waals surface area (Å²) in [5, 5.41) is 0. The van der Waals surface area contributed by atoms with E-state index in [0.717, 1.165) is 37.6 Å². The minimum absolute atomic E-state index is 0.196. The van der Waals surface area contributed by atoms with Crippen molar-refractivity contribution in [1.29, 1.82) is 0 Å². The number of carbonyl (C=O) groups is 2. The monoisotopic (exact) mass is 384 g/mol. The lowest BCUT2D eigenvalue weighted by Crippen LogP contribution is -1.99. The molecule has 2 aromatic heterocycles. The van der Waals surface area contributed by atoms with Crippen molar-refractivity contribution < 1.29 is 14.0 Å². The fraction of sp³-hybridized carbons (Fsp3) is 0.0833. The molecule has 0 spiro atoms. The molecule has 0 bridgehead atoms. The Bertz CT molecular complexity index is 1230. The van der Waals surface area contributed by atoms with Gasteiger partial charge in [0.2, 0.25) is 0 Å². The average molecular weight is 384 g/mol. The highest BCUT2D eigenvalue weighted by molar-refractivity contribution is 7.19. The number of hydrogen-bond donors (Lipinski definition) is 0. The second-order valence-corrected chi connectivity index (χ2v) is 8.17. The van der Waals surface area contributed by atoms with Crippen molar-refractivity contribution in [2.45, 2.75) is 13.8 Å². The Balaban J connectivity index is 1.53. The summed E-state index contributed by atoms with van der Waals surface area (Å²) in [7, 11) is 0. The first-order valence-electron chi connectivity index (χ1n) is 9.02. The van der Waals surface area contributed by atoms with Gasteiger partial charge in [-0.2, -0.15) is 0 Å². The highest BCUT2D eigenvalue weighted by Crippen LogP contribution is 2.36. The summed E-state index contributed by atoms with van der Waals surface area (Å²) in [5.41, 5.74) is 5.06. The molecule has 136 valence electrons. The SMILES string of the molecule is Cc1cc2c(cc1C)C(=O)C(=Cc1cc3oc(-c4ccccc4)cc3s1)C2=O. The molecule has 0 radical (unpaired) electrons. The van der Waals surface area contributed by atoms with Crippen LogP contribution >= 0.6 is 11.3 Å². The van der Waals surface area contributed by atoms with E-state index in [0.29, 0.717) is 11.1 Å². The summed E-state index contributed by atoms with van der Waals surface area (Å²) in [6.07, 6.45) is 1.69. The Labute approximate surface area is 165 Å². The molecule has 28 heavy (non-hydrogen) atoms. The van der Waals surface area contributed by atoms with E-state index in [4.69, 9.17) is 4.42 Å². The summed E-state index contributed by atoms with van der Waals surface area (Å²) >= 11 is 1.51. The zero-order valence-corrected chi connectivity index (χ0v) is 16.2. The van der Waals surface area contributed by atoms with Gasteiger partial charge in [-0.25, -0.2) is 0 Å². The maximum absolute atomic E-state index is 12.8. The lowest BCUT2D eigenvalue weighted by Gasteiger charge is -2.01. The van der Waals surface area contributed by atoms with Gasteiger partial charge in [-0.3, -0.25) is 9.59 Å². The summed E-state index contributed by atoms with van der Waals surface area (Å²) in [6, 6.07) is 17.4. The van der Waals surface area contributed by atoms with Crippen molar-refractivity contribution in [2.24, 2.45) is 0 Å². The van der Waals surface area contributed by atoms with Gasteiger partial charge in [0.15, 0.2) is 11.6 Å². The first-order chi connectivity index (χ1) is 13.5. The second-order valence-electron chi connectivity index (χ2n) is 7.05. The zero-order valence-electron chi connectivity index (χ0n) is 15.4. The van der Waals surface area contributed by atoms with Crippen LogP contribution in [0.15, 0.2) is 64.6 Å². The molecule has 0 saturated heterocycles. The van der Waals surface area contributed by atoms with Crippen LogP contribution in [-0.2, 0) is 0 Å². The highest BCUT2D eigenvalue weighted by atomic mass is 32.1. The van der Waals surface area contributed by atoms with E-state index >= 15 is 0 Å². The van der Waals surface area contributed by atoms with E-state index in [1.807, 2.05) is 68.4 Å². The summed E-state index contributed by atoms with van der Waals surface area (Å²) in [4.78, 5) is 26.4. The molecular formula is C24H16O3S. The first-order valence-corrected chi connectivity index (χ1v) is 9.84. The Morgan fingerprint density at radius 2 is 1.50 bits per heavy atom. The molecular weight excluding hydrogens is 368 g/mol. The molecule has 4 heteroatoms. The Morgan fingerprint density at radius 3 is 2.11 bits per heavy atom. The van der Waals surface area contributed by atoms with Crippen molar-refractivity contribution in [3.05, 3.63) is 87.3 Å². The fourth-order valence-electron chi connectivity index (χ4n) is 3.53. The van der Waals surface area contributed by atoms with Crippen LogP contribution in [0.25, 0.3) is 27.7 Å². The molecule has 5 rings (SSSR count). The van der Waals surface area contributed by atoms with Gasteiger partial charge in [0.25, 0.3) is 0 Å². The molecule has 0 unspecified atom stereocenters. The molecule has 2 heterocycles. The number of fused-ring (bicyclic) bond motifs is 2. The van der Waals surface area contributed by atoms with Crippen molar-refractivity contribution in [3.63, 3.8) is 0 Å². The average Bonchev–Trinajstić information content (AvgIpc) is 3.31. The molecule has 0 saturated carbocycles. The Morgan fingerprint density at radius 1 is 0.857 bits per heavy atom. The van der Waals surface area contributed by atoms with E-state index in [2.05, 4.69) is 0 Å². The number of ketones is 2. The normalized spacial score (nSPS) is 13.4. The van der Waals surface area contributed by atoms with Crippen LogP contribution in [0, 0.1) is 13.8 Å². The van der Waals surface area contributed by atoms with Gasteiger partial charge in [-0.15, -0.1) is 11.3 Å². The maximum Gasteiger partial charge on any atom is 0.197 e. The maximum atomic E-state index is 12.8. The smallest absolute Gasteiger partial charge is 0.197 e. The number of thiophene rings is 1. The third-order valence-electron chi connectivity index (χ3n) is 5.18. The summed E-state index contributed by atoms with van der Waals surface area (Å²) in [6.45, 7) is 3.90. The number of benzene rings is 2. The Kier molecular flexibility index (Phi) is 3.71. The topological polar surface area (TPSA) is 47.3 Å². The molecule has 0 fully saturated rings. The number of rotatable bonds is 2. The zero-order chi connectivity index (χ0) is 19.4. The molecule has 3 nitrogen and oxygen atoms in total. The van der Waals surface area contributed by atoms with Crippen LogP contribution in [0.5, 0.6) is 0 Å². The molecule has 4 aromatic rings. The number of Topliss-reactive ketones (excluding diaryl/α,β-unsaturated/α-hetero) is 2. The largest absolute Gasteiger partial charge is 0.455 e. The third-order valence-corrected chi connectivity index (χ3v) is 6.19. The van der Waals surface area contributed by atoms with Gasteiger partial charge in [0.05, 0.1) is 10.3 Å².